The molecule has 0 spiro atoms. The number of benzene rings is 1. The van der Waals surface area contributed by atoms with Gasteiger partial charge in [0.2, 0.25) is 5.91 Å². The van der Waals surface area contributed by atoms with Gasteiger partial charge in [0.15, 0.2) is 0 Å². The number of rotatable bonds is 5. The number of thiazole rings is 1. The molecule has 1 aromatic heterocycles. The van der Waals surface area contributed by atoms with Gasteiger partial charge in [-0.2, -0.15) is 0 Å². The zero-order valence-electron chi connectivity index (χ0n) is 12.1. The molecule has 0 bridgehead atoms. The Balaban J connectivity index is 1.60. The van der Waals surface area contributed by atoms with Crippen LogP contribution in [0, 0.1) is 0 Å². The first-order valence-corrected chi connectivity index (χ1v) is 8.16. The Labute approximate surface area is 128 Å². The van der Waals surface area contributed by atoms with Crippen molar-refractivity contribution in [2.24, 2.45) is 0 Å². The van der Waals surface area contributed by atoms with Crippen LogP contribution < -0.4 is 10.2 Å². The summed E-state index contributed by atoms with van der Waals surface area (Å²) in [4.78, 5) is 19.2. The number of anilines is 2. The lowest BCUT2D eigenvalue weighted by Gasteiger charge is -2.16. The third kappa shape index (κ3) is 3.24. The van der Waals surface area contributed by atoms with Crippen molar-refractivity contribution in [1.29, 1.82) is 0 Å². The molecule has 0 aliphatic carbocycles. The van der Waals surface area contributed by atoms with Gasteiger partial charge in [-0.3, -0.25) is 4.79 Å². The normalized spacial score (nSPS) is 14.7. The van der Waals surface area contributed by atoms with Gasteiger partial charge in [-0.1, -0.05) is 6.92 Å². The molecule has 1 fully saturated rings. The van der Waals surface area contributed by atoms with Crippen LogP contribution >= 0.6 is 11.3 Å². The highest BCUT2D eigenvalue weighted by Crippen LogP contribution is 2.23. The van der Waals surface area contributed by atoms with Crippen molar-refractivity contribution in [3.05, 3.63) is 40.3 Å². The average Bonchev–Trinajstić information content (AvgIpc) is 3.14. The van der Waals surface area contributed by atoms with Crippen molar-refractivity contribution < 1.29 is 4.79 Å². The lowest BCUT2D eigenvalue weighted by Crippen LogP contribution is -2.23. The van der Waals surface area contributed by atoms with Crippen molar-refractivity contribution in [1.82, 2.24) is 4.98 Å². The Bertz CT molecular complexity index is 621. The van der Waals surface area contributed by atoms with Crippen molar-refractivity contribution in [2.75, 3.05) is 16.8 Å². The number of nitrogens with zero attached hydrogens (tertiary/aromatic N) is 2. The molecule has 110 valence electrons. The molecule has 1 saturated heterocycles. The maximum Gasteiger partial charge on any atom is 0.227 e. The third-order valence-electron chi connectivity index (χ3n) is 3.62. The summed E-state index contributed by atoms with van der Waals surface area (Å²) in [6.07, 6.45) is 4.56. The Hall–Kier alpha value is -1.88. The molecule has 0 radical (unpaired) electrons. The summed E-state index contributed by atoms with van der Waals surface area (Å²) >= 11 is 1.75. The van der Waals surface area contributed by atoms with Gasteiger partial charge in [0, 0.05) is 35.4 Å². The number of aryl methyl sites for hydroxylation is 1. The maximum absolute atomic E-state index is 11.7. The average molecular weight is 301 g/mol. The molecule has 3 rings (SSSR count). The van der Waals surface area contributed by atoms with E-state index in [-0.39, 0.29) is 5.91 Å². The number of hydrogen-bond acceptors (Lipinski definition) is 4. The minimum absolute atomic E-state index is 0.229. The largest absolute Gasteiger partial charge is 0.380 e. The summed E-state index contributed by atoms with van der Waals surface area (Å²) in [5.41, 5.74) is 2.06. The van der Waals surface area contributed by atoms with Crippen LogP contribution in [0.25, 0.3) is 0 Å². The quantitative estimate of drug-likeness (QED) is 0.920. The molecule has 1 aromatic carbocycles. The van der Waals surface area contributed by atoms with Gasteiger partial charge in [-0.15, -0.1) is 11.3 Å². The van der Waals surface area contributed by atoms with Gasteiger partial charge in [-0.05, 0) is 37.1 Å². The number of hydrogen-bond donors (Lipinski definition) is 1. The summed E-state index contributed by atoms with van der Waals surface area (Å²) in [6, 6.07) is 8.08. The minimum atomic E-state index is 0.229. The summed E-state index contributed by atoms with van der Waals surface area (Å²) in [6.45, 7) is 3.75. The fraction of sp³-hybridized carbons (Fsp3) is 0.375. The number of nitrogens with one attached hydrogen (secondary N) is 1. The topological polar surface area (TPSA) is 45.2 Å². The Morgan fingerprint density at radius 1 is 1.33 bits per heavy atom. The van der Waals surface area contributed by atoms with Crippen molar-refractivity contribution in [3.63, 3.8) is 0 Å². The Morgan fingerprint density at radius 2 is 2.14 bits per heavy atom. The molecule has 4 nitrogen and oxygen atoms in total. The van der Waals surface area contributed by atoms with E-state index in [0.717, 1.165) is 37.3 Å². The SMILES string of the molecule is CCc1ncc(CNc2ccc(N3CCCC3=O)cc2)s1. The summed E-state index contributed by atoms with van der Waals surface area (Å²) in [5, 5.41) is 4.57. The van der Waals surface area contributed by atoms with E-state index < -0.39 is 0 Å². The summed E-state index contributed by atoms with van der Waals surface area (Å²) in [5.74, 6) is 0.229. The van der Waals surface area contributed by atoms with E-state index >= 15 is 0 Å². The van der Waals surface area contributed by atoms with E-state index in [0.29, 0.717) is 6.42 Å². The van der Waals surface area contributed by atoms with Gasteiger partial charge in [-0.25, -0.2) is 4.98 Å². The zero-order chi connectivity index (χ0) is 14.7. The predicted molar refractivity (Wildman–Crippen MR) is 86.8 cm³/mol. The molecule has 1 aliphatic rings. The Morgan fingerprint density at radius 3 is 2.76 bits per heavy atom. The van der Waals surface area contributed by atoms with E-state index in [4.69, 9.17) is 0 Å². The molecule has 0 atom stereocenters. The molecular formula is C16H19N3OS. The number of carbonyl (C=O) groups excluding carboxylic acids is 1. The number of aromatic nitrogens is 1. The van der Waals surface area contributed by atoms with E-state index in [1.165, 1.54) is 9.88 Å². The van der Waals surface area contributed by atoms with Crippen LogP contribution in [-0.2, 0) is 17.8 Å². The molecule has 21 heavy (non-hydrogen) atoms. The Kier molecular flexibility index (Phi) is 4.20. The van der Waals surface area contributed by atoms with Gasteiger partial charge >= 0.3 is 0 Å². The van der Waals surface area contributed by atoms with Gasteiger partial charge in [0.1, 0.15) is 0 Å². The first kappa shape index (κ1) is 14.1. The van der Waals surface area contributed by atoms with Gasteiger partial charge in [0.25, 0.3) is 0 Å². The molecule has 0 saturated carbocycles. The standard InChI is InChI=1S/C16H19N3OS/c1-2-15-18-11-14(21-15)10-17-12-5-7-13(8-6-12)19-9-3-4-16(19)20/h5-8,11,17H,2-4,9-10H2,1H3. The molecular weight excluding hydrogens is 282 g/mol. The van der Waals surface area contributed by atoms with E-state index in [1.807, 2.05) is 35.4 Å². The lowest BCUT2D eigenvalue weighted by molar-refractivity contribution is -0.117. The molecule has 1 amide bonds. The minimum Gasteiger partial charge on any atom is -0.380 e. The van der Waals surface area contributed by atoms with Crippen molar-refractivity contribution in [2.45, 2.75) is 32.7 Å². The fourth-order valence-corrected chi connectivity index (χ4v) is 3.26. The zero-order valence-corrected chi connectivity index (χ0v) is 12.9. The van der Waals surface area contributed by atoms with Crippen LogP contribution in [0.3, 0.4) is 0 Å². The van der Waals surface area contributed by atoms with Crippen LogP contribution in [0.4, 0.5) is 11.4 Å². The summed E-state index contributed by atoms with van der Waals surface area (Å²) < 4.78 is 0. The second-order valence-corrected chi connectivity index (χ2v) is 6.32. The second-order valence-electron chi connectivity index (χ2n) is 5.12. The lowest BCUT2D eigenvalue weighted by atomic mass is 10.2. The van der Waals surface area contributed by atoms with E-state index in [1.54, 1.807) is 11.3 Å². The highest BCUT2D eigenvalue weighted by atomic mass is 32.1. The summed E-state index contributed by atoms with van der Waals surface area (Å²) in [7, 11) is 0. The molecule has 1 N–H and O–H groups in total. The van der Waals surface area contributed by atoms with Crippen molar-refractivity contribution in [3.8, 4) is 0 Å². The van der Waals surface area contributed by atoms with E-state index in [9.17, 15) is 4.79 Å². The maximum atomic E-state index is 11.7. The van der Waals surface area contributed by atoms with E-state index in [2.05, 4.69) is 17.2 Å². The van der Waals surface area contributed by atoms with Crippen LogP contribution in [0.1, 0.15) is 29.7 Å². The molecule has 5 heteroatoms. The predicted octanol–water partition coefficient (Wildman–Crippen LogP) is 3.44. The fourth-order valence-electron chi connectivity index (χ4n) is 2.46. The van der Waals surface area contributed by atoms with Gasteiger partial charge < -0.3 is 10.2 Å². The highest BCUT2D eigenvalue weighted by molar-refractivity contribution is 7.11. The molecule has 2 heterocycles. The highest BCUT2D eigenvalue weighted by Gasteiger charge is 2.21. The molecule has 1 aliphatic heterocycles. The van der Waals surface area contributed by atoms with Crippen LogP contribution in [0.2, 0.25) is 0 Å². The molecule has 2 aromatic rings. The first-order chi connectivity index (χ1) is 10.3. The van der Waals surface area contributed by atoms with Gasteiger partial charge in [0.05, 0.1) is 11.6 Å². The van der Waals surface area contributed by atoms with Crippen molar-refractivity contribution >= 4 is 28.6 Å². The number of carbonyl (C=O) groups is 1. The second kappa shape index (κ2) is 6.26. The number of amides is 1. The van der Waals surface area contributed by atoms with Crippen LogP contribution in [0.5, 0.6) is 0 Å². The van der Waals surface area contributed by atoms with Crippen LogP contribution in [-0.4, -0.2) is 17.4 Å². The first-order valence-electron chi connectivity index (χ1n) is 7.34. The molecule has 0 unspecified atom stereocenters. The monoisotopic (exact) mass is 301 g/mol. The van der Waals surface area contributed by atoms with Crippen LogP contribution in [0.15, 0.2) is 30.5 Å². The smallest absolute Gasteiger partial charge is 0.227 e. The third-order valence-corrected chi connectivity index (χ3v) is 4.76.